The molecule has 0 spiro atoms. The number of hydrogen-bond acceptors (Lipinski definition) is 5. The molecule has 6 nitrogen and oxygen atoms in total. The van der Waals surface area contributed by atoms with E-state index in [0.29, 0.717) is 5.56 Å². The van der Waals surface area contributed by atoms with Crippen LogP contribution >= 0.6 is 0 Å². The van der Waals surface area contributed by atoms with Gasteiger partial charge in [-0.3, -0.25) is 10.1 Å². The Morgan fingerprint density at radius 1 is 1.00 bits per heavy atom. The van der Waals surface area contributed by atoms with Crippen LogP contribution in [0.15, 0.2) is 60.7 Å². The summed E-state index contributed by atoms with van der Waals surface area (Å²) < 4.78 is 11.6. The summed E-state index contributed by atoms with van der Waals surface area (Å²) in [6, 6.07) is 17.7. The molecule has 0 aromatic heterocycles. The highest BCUT2D eigenvalue weighted by molar-refractivity contribution is 5.90. The van der Waals surface area contributed by atoms with E-state index in [0.717, 1.165) is 47.8 Å². The van der Waals surface area contributed by atoms with E-state index in [-0.39, 0.29) is 17.7 Å². The number of carbonyl (C=O) groups excluding carboxylic acids is 1. The molecule has 1 aliphatic rings. The normalized spacial score (nSPS) is 18.7. The molecule has 1 fully saturated rings. The molecule has 0 N–H and O–H groups in total. The van der Waals surface area contributed by atoms with Gasteiger partial charge in [-0.15, -0.1) is 0 Å². The second-order valence-corrected chi connectivity index (χ2v) is 7.54. The van der Waals surface area contributed by atoms with Gasteiger partial charge in [0.05, 0.1) is 17.6 Å². The third-order valence-electron chi connectivity index (χ3n) is 5.80. The summed E-state index contributed by atoms with van der Waals surface area (Å²) in [5, 5.41) is 13.1. The van der Waals surface area contributed by atoms with Gasteiger partial charge in [-0.05, 0) is 48.2 Å². The maximum atomic E-state index is 12.8. The quantitative estimate of drug-likeness (QED) is 0.312. The van der Waals surface area contributed by atoms with Crippen molar-refractivity contribution in [3.63, 3.8) is 0 Å². The molecule has 6 heteroatoms. The highest BCUT2D eigenvalue weighted by Gasteiger charge is 2.33. The summed E-state index contributed by atoms with van der Waals surface area (Å²) in [7, 11) is 1.66. The van der Waals surface area contributed by atoms with E-state index < -0.39 is 10.9 Å². The van der Waals surface area contributed by atoms with Crippen molar-refractivity contribution < 1.29 is 19.2 Å². The molecule has 154 valence electrons. The highest BCUT2D eigenvalue weighted by Crippen LogP contribution is 2.43. The van der Waals surface area contributed by atoms with Crippen molar-refractivity contribution in [1.82, 2.24) is 0 Å². The van der Waals surface area contributed by atoms with E-state index in [4.69, 9.17) is 9.47 Å². The number of fused-ring (bicyclic) bond motifs is 1. The molecule has 0 aliphatic heterocycles. The molecule has 0 unspecified atom stereocenters. The van der Waals surface area contributed by atoms with E-state index >= 15 is 0 Å². The zero-order valence-corrected chi connectivity index (χ0v) is 16.7. The lowest BCUT2D eigenvalue weighted by Crippen LogP contribution is -2.29. The Labute approximate surface area is 174 Å². The fraction of sp³-hybridized carbons (Fsp3) is 0.292. The Hall–Kier alpha value is -3.41. The summed E-state index contributed by atoms with van der Waals surface area (Å²) in [5.74, 6) is 0.375. The second kappa shape index (κ2) is 8.53. The SMILES string of the molecule is COc1ccc2ccccc2c1[C@@H]1CCCC[C@@H]1OC(=O)c1ccc([N+](=O)[O-])cc1. The van der Waals surface area contributed by atoms with Crippen LogP contribution in [0.5, 0.6) is 5.75 Å². The van der Waals surface area contributed by atoms with Gasteiger partial charge in [0, 0.05) is 23.6 Å². The van der Waals surface area contributed by atoms with Crippen molar-refractivity contribution >= 4 is 22.4 Å². The van der Waals surface area contributed by atoms with Crippen LogP contribution < -0.4 is 4.74 Å². The van der Waals surface area contributed by atoms with E-state index in [1.54, 1.807) is 7.11 Å². The van der Waals surface area contributed by atoms with Gasteiger partial charge in [-0.1, -0.05) is 36.8 Å². The molecule has 0 saturated heterocycles. The van der Waals surface area contributed by atoms with Crippen molar-refractivity contribution in [3.8, 4) is 5.75 Å². The van der Waals surface area contributed by atoms with E-state index in [9.17, 15) is 14.9 Å². The summed E-state index contributed by atoms with van der Waals surface area (Å²) in [5.41, 5.74) is 1.34. The fourth-order valence-corrected chi connectivity index (χ4v) is 4.33. The Morgan fingerprint density at radius 2 is 1.73 bits per heavy atom. The third-order valence-corrected chi connectivity index (χ3v) is 5.80. The van der Waals surface area contributed by atoms with Crippen LogP contribution in [0.2, 0.25) is 0 Å². The summed E-state index contributed by atoms with van der Waals surface area (Å²) >= 11 is 0. The van der Waals surface area contributed by atoms with Crippen LogP contribution in [0.25, 0.3) is 10.8 Å². The topological polar surface area (TPSA) is 78.7 Å². The van der Waals surface area contributed by atoms with Crippen molar-refractivity contribution in [3.05, 3.63) is 81.9 Å². The average molecular weight is 405 g/mol. The van der Waals surface area contributed by atoms with Crippen LogP contribution in [0.4, 0.5) is 5.69 Å². The van der Waals surface area contributed by atoms with Crippen molar-refractivity contribution in [2.45, 2.75) is 37.7 Å². The molecule has 0 heterocycles. The molecular formula is C24H23NO5. The van der Waals surface area contributed by atoms with E-state index in [1.165, 1.54) is 24.3 Å². The third kappa shape index (κ3) is 3.85. The van der Waals surface area contributed by atoms with Gasteiger partial charge in [0.25, 0.3) is 5.69 Å². The standard InChI is InChI=1S/C24H23NO5/c1-29-22-15-12-16-6-2-3-7-19(16)23(22)20-8-4-5-9-21(20)30-24(26)17-10-13-18(14-11-17)25(27)28/h2-3,6-7,10-15,20-21H,4-5,8-9H2,1H3/t20-,21+/m1/s1. The highest BCUT2D eigenvalue weighted by atomic mass is 16.6. The molecule has 1 saturated carbocycles. The lowest BCUT2D eigenvalue weighted by atomic mass is 9.79. The number of nitro benzene ring substituents is 1. The van der Waals surface area contributed by atoms with Gasteiger partial charge in [0.15, 0.2) is 0 Å². The number of carbonyl (C=O) groups is 1. The first-order chi connectivity index (χ1) is 14.6. The molecular weight excluding hydrogens is 382 g/mol. The van der Waals surface area contributed by atoms with Crippen molar-refractivity contribution in [1.29, 1.82) is 0 Å². The number of hydrogen-bond donors (Lipinski definition) is 0. The monoisotopic (exact) mass is 405 g/mol. The molecule has 2 atom stereocenters. The first-order valence-corrected chi connectivity index (χ1v) is 10.1. The van der Waals surface area contributed by atoms with Crippen molar-refractivity contribution in [2.75, 3.05) is 7.11 Å². The molecule has 3 aromatic rings. The maximum Gasteiger partial charge on any atom is 0.338 e. The fourth-order valence-electron chi connectivity index (χ4n) is 4.33. The summed E-state index contributed by atoms with van der Waals surface area (Å²) in [4.78, 5) is 23.1. The van der Waals surface area contributed by atoms with Crippen LogP contribution in [-0.4, -0.2) is 24.1 Å². The molecule has 0 bridgehead atoms. The van der Waals surface area contributed by atoms with Crippen LogP contribution in [0.3, 0.4) is 0 Å². The number of methoxy groups -OCH3 is 1. The van der Waals surface area contributed by atoms with E-state index in [1.807, 2.05) is 24.3 Å². The molecule has 0 radical (unpaired) electrons. The molecule has 1 aliphatic carbocycles. The minimum Gasteiger partial charge on any atom is -0.496 e. The van der Waals surface area contributed by atoms with Gasteiger partial charge < -0.3 is 9.47 Å². The zero-order chi connectivity index (χ0) is 21.1. The zero-order valence-electron chi connectivity index (χ0n) is 16.7. The van der Waals surface area contributed by atoms with Gasteiger partial charge in [0.2, 0.25) is 0 Å². The molecule has 4 rings (SSSR count). The van der Waals surface area contributed by atoms with Crippen LogP contribution in [0.1, 0.15) is 47.5 Å². The Morgan fingerprint density at radius 3 is 2.47 bits per heavy atom. The number of nitrogens with zero attached hydrogens (tertiary/aromatic N) is 1. The number of nitro groups is 1. The minimum atomic E-state index is -0.487. The van der Waals surface area contributed by atoms with Crippen LogP contribution in [0, 0.1) is 10.1 Å². The Bertz CT molecular complexity index is 1080. The number of ether oxygens (including phenoxy) is 2. The average Bonchev–Trinajstić information content (AvgIpc) is 2.78. The number of benzene rings is 3. The predicted molar refractivity (Wildman–Crippen MR) is 114 cm³/mol. The summed E-state index contributed by atoms with van der Waals surface area (Å²) in [6.07, 6.45) is 3.45. The second-order valence-electron chi connectivity index (χ2n) is 7.54. The smallest absolute Gasteiger partial charge is 0.338 e. The van der Waals surface area contributed by atoms with Gasteiger partial charge >= 0.3 is 5.97 Å². The summed E-state index contributed by atoms with van der Waals surface area (Å²) in [6.45, 7) is 0. The van der Waals surface area contributed by atoms with Crippen molar-refractivity contribution in [2.24, 2.45) is 0 Å². The lowest BCUT2D eigenvalue weighted by Gasteiger charge is -2.33. The predicted octanol–water partition coefficient (Wildman–Crippen LogP) is 5.64. The first kappa shape index (κ1) is 19.9. The van der Waals surface area contributed by atoms with Gasteiger partial charge in [-0.25, -0.2) is 4.79 Å². The number of rotatable bonds is 5. The maximum absolute atomic E-state index is 12.8. The van der Waals surface area contributed by atoms with Crippen LogP contribution in [-0.2, 0) is 4.74 Å². The first-order valence-electron chi connectivity index (χ1n) is 10.1. The Kier molecular flexibility index (Phi) is 5.65. The number of esters is 1. The van der Waals surface area contributed by atoms with E-state index in [2.05, 4.69) is 12.1 Å². The molecule has 3 aromatic carbocycles. The molecule has 0 amide bonds. The molecule has 30 heavy (non-hydrogen) atoms. The lowest BCUT2D eigenvalue weighted by molar-refractivity contribution is -0.384. The number of non-ortho nitro benzene ring substituents is 1. The minimum absolute atomic E-state index is 0.0294. The van der Waals surface area contributed by atoms with Gasteiger partial charge in [-0.2, -0.15) is 0 Å². The Balaban J connectivity index is 1.65. The van der Waals surface area contributed by atoms with Gasteiger partial charge in [0.1, 0.15) is 11.9 Å². The largest absolute Gasteiger partial charge is 0.496 e.